The molecule has 0 aromatic rings. The maximum Gasteiger partial charge on any atom is 0.237 e. The molecule has 0 aliphatic carbocycles. The van der Waals surface area contributed by atoms with Crippen molar-refractivity contribution in [3.8, 4) is 0 Å². The van der Waals surface area contributed by atoms with Gasteiger partial charge in [-0.05, 0) is 40.2 Å². The molecule has 0 radical (unpaired) electrons. The molecule has 0 aromatic heterocycles. The molecule has 0 saturated carbocycles. The van der Waals surface area contributed by atoms with Crippen LogP contribution in [0.1, 0.15) is 40.0 Å². The average molecular weight is 285 g/mol. The van der Waals surface area contributed by atoms with Crippen LogP contribution in [0.5, 0.6) is 0 Å². The van der Waals surface area contributed by atoms with E-state index in [0.29, 0.717) is 6.04 Å². The maximum atomic E-state index is 12.2. The minimum absolute atomic E-state index is 0.0491. The van der Waals surface area contributed by atoms with E-state index in [4.69, 9.17) is 4.74 Å². The number of amides is 1. The van der Waals surface area contributed by atoms with Gasteiger partial charge in [0, 0.05) is 32.3 Å². The van der Waals surface area contributed by atoms with Crippen molar-refractivity contribution in [1.82, 2.24) is 15.5 Å². The molecule has 2 unspecified atom stereocenters. The Bertz CT molecular complexity index is 284. The Balaban J connectivity index is 2.47. The van der Waals surface area contributed by atoms with Crippen molar-refractivity contribution in [1.29, 1.82) is 0 Å². The van der Waals surface area contributed by atoms with Gasteiger partial charge in [0.25, 0.3) is 0 Å². The first-order valence-electron chi connectivity index (χ1n) is 7.82. The minimum Gasteiger partial charge on any atom is -0.383 e. The molecule has 2 atom stereocenters. The van der Waals surface area contributed by atoms with Crippen LogP contribution in [-0.2, 0) is 9.53 Å². The van der Waals surface area contributed by atoms with Gasteiger partial charge in [-0.25, -0.2) is 0 Å². The Morgan fingerprint density at radius 1 is 1.35 bits per heavy atom. The van der Waals surface area contributed by atoms with Crippen LogP contribution in [0.25, 0.3) is 0 Å². The fraction of sp³-hybridized carbons (Fsp3) is 0.933. The summed E-state index contributed by atoms with van der Waals surface area (Å²) in [7, 11) is 1.72. The Morgan fingerprint density at radius 2 is 2.10 bits per heavy atom. The number of ether oxygens (including phenoxy) is 1. The van der Waals surface area contributed by atoms with Crippen molar-refractivity contribution in [3.05, 3.63) is 0 Å². The molecule has 1 fully saturated rings. The first kappa shape index (κ1) is 17.4. The molecule has 1 aliphatic rings. The van der Waals surface area contributed by atoms with Gasteiger partial charge in [-0.2, -0.15) is 0 Å². The van der Waals surface area contributed by atoms with Crippen LogP contribution in [0.2, 0.25) is 0 Å². The van der Waals surface area contributed by atoms with E-state index in [1.807, 2.05) is 20.8 Å². The third-order valence-corrected chi connectivity index (χ3v) is 3.84. The van der Waals surface area contributed by atoms with Gasteiger partial charge < -0.3 is 15.4 Å². The average Bonchev–Trinajstić information content (AvgIpc) is 2.42. The van der Waals surface area contributed by atoms with Gasteiger partial charge in [0.2, 0.25) is 5.91 Å². The molecule has 1 amide bonds. The van der Waals surface area contributed by atoms with Gasteiger partial charge in [-0.15, -0.1) is 0 Å². The molecule has 1 heterocycles. The topological polar surface area (TPSA) is 53.6 Å². The summed E-state index contributed by atoms with van der Waals surface area (Å²) in [6.07, 6.45) is 3.61. The molecule has 20 heavy (non-hydrogen) atoms. The van der Waals surface area contributed by atoms with E-state index >= 15 is 0 Å². The molecule has 5 nitrogen and oxygen atoms in total. The Hall–Kier alpha value is -0.650. The Morgan fingerprint density at radius 3 is 2.75 bits per heavy atom. The van der Waals surface area contributed by atoms with E-state index in [9.17, 15) is 4.79 Å². The zero-order valence-corrected chi connectivity index (χ0v) is 13.4. The van der Waals surface area contributed by atoms with Gasteiger partial charge in [0.15, 0.2) is 0 Å². The lowest BCUT2D eigenvalue weighted by molar-refractivity contribution is -0.127. The highest BCUT2D eigenvalue weighted by Gasteiger charge is 2.30. The highest BCUT2D eigenvalue weighted by atomic mass is 16.5. The summed E-state index contributed by atoms with van der Waals surface area (Å²) in [5.41, 5.74) is 0. The van der Waals surface area contributed by atoms with Gasteiger partial charge in [-0.3, -0.25) is 9.69 Å². The van der Waals surface area contributed by atoms with Crippen molar-refractivity contribution in [2.45, 2.75) is 58.2 Å². The van der Waals surface area contributed by atoms with E-state index in [1.54, 1.807) is 7.11 Å². The van der Waals surface area contributed by atoms with Crippen LogP contribution >= 0.6 is 0 Å². The summed E-state index contributed by atoms with van der Waals surface area (Å²) in [5.74, 6) is 0.142. The number of hydrogen-bond acceptors (Lipinski definition) is 4. The highest BCUT2D eigenvalue weighted by Crippen LogP contribution is 2.19. The standard InChI is InChI=1S/C15H31N3O2/c1-12(2)17-15(19)13(3)18-9-6-5-7-14(18)11-16-8-10-20-4/h12-14,16H,5-11H2,1-4H3,(H,17,19). The number of methoxy groups -OCH3 is 1. The van der Waals surface area contributed by atoms with Gasteiger partial charge in [-0.1, -0.05) is 6.42 Å². The quantitative estimate of drug-likeness (QED) is 0.653. The Labute approximate surface area is 123 Å². The lowest BCUT2D eigenvalue weighted by Gasteiger charge is -2.39. The van der Waals surface area contributed by atoms with E-state index in [1.165, 1.54) is 19.3 Å². The third kappa shape index (κ3) is 5.77. The predicted octanol–water partition coefficient (Wildman–Crippen LogP) is 0.990. The molecule has 2 N–H and O–H groups in total. The summed E-state index contributed by atoms with van der Waals surface area (Å²) in [6.45, 7) is 9.58. The van der Waals surface area contributed by atoms with Gasteiger partial charge in [0.1, 0.15) is 0 Å². The van der Waals surface area contributed by atoms with Crippen molar-refractivity contribution in [2.24, 2.45) is 0 Å². The van der Waals surface area contributed by atoms with Crippen LogP contribution in [-0.4, -0.2) is 62.3 Å². The minimum atomic E-state index is -0.0491. The fourth-order valence-electron chi connectivity index (χ4n) is 2.75. The molecule has 1 aliphatic heterocycles. The van der Waals surface area contributed by atoms with Crippen LogP contribution in [0.3, 0.4) is 0 Å². The second-order valence-corrected chi connectivity index (χ2v) is 5.92. The second-order valence-electron chi connectivity index (χ2n) is 5.92. The van der Waals surface area contributed by atoms with Crippen LogP contribution in [0.15, 0.2) is 0 Å². The van der Waals surface area contributed by atoms with Gasteiger partial charge in [0.05, 0.1) is 12.6 Å². The SMILES string of the molecule is COCCNCC1CCCCN1C(C)C(=O)NC(C)C. The molecule has 1 saturated heterocycles. The fourth-order valence-corrected chi connectivity index (χ4v) is 2.75. The molecule has 0 spiro atoms. The van der Waals surface area contributed by atoms with E-state index in [0.717, 1.165) is 26.2 Å². The number of carbonyl (C=O) groups is 1. The number of hydrogen-bond donors (Lipinski definition) is 2. The zero-order chi connectivity index (χ0) is 15.0. The number of nitrogens with zero attached hydrogens (tertiary/aromatic N) is 1. The van der Waals surface area contributed by atoms with Crippen molar-refractivity contribution >= 4 is 5.91 Å². The molecule has 0 aromatic carbocycles. The third-order valence-electron chi connectivity index (χ3n) is 3.84. The predicted molar refractivity (Wildman–Crippen MR) is 81.8 cm³/mol. The normalized spacial score (nSPS) is 21.9. The number of piperidine rings is 1. The molecule has 118 valence electrons. The van der Waals surface area contributed by atoms with Crippen LogP contribution in [0.4, 0.5) is 0 Å². The summed E-state index contributed by atoms with van der Waals surface area (Å²) < 4.78 is 5.05. The van der Waals surface area contributed by atoms with Crippen molar-refractivity contribution in [3.63, 3.8) is 0 Å². The lowest BCUT2D eigenvalue weighted by atomic mass is 9.99. The van der Waals surface area contributed by atoms with E-state index in [2.05, 4.69) is 15.5 Å². The van der Waals surface area contributed by atoms with E-state index in [-0.39, 0.29) is 18.0 Å². The molecule has 0 bridgehead atoms. The number of rotatable bonds is 8. The number of likely N-dealkylation sites (tertiary alicyclic amines) is 1. The monoisotopic (exact) mass is 285 g/mol. The zero-order valence-electron chi connectivity index (χ0n) is 13.4. The summed E-state index contributed by atoms with van der Waals surface area (Å²) >= 11 is 0. The maximum absolute atomic E-state index is 12.2. The second kappa shape index (κ2) is 9.32. The smallest absolute Gasteiger partial charge is 0.237 e. The number of nitrogens with one attached hydrogen (secondary N) is 2. The lowest BCUT2D eigenvalue weighted by Crippen LogP contribution is -2.55. The van der Waals surface area contributed by atoms with Gasteiger partial charge >= 0.3 is 0 Å². The highest BCUT2D eigenvalue weighted by molar-refractivity contribution is 5.81. The first-order valence-corrected chi connectivity index (χ1v) is 7.82. The molecule has 5 heteroatoms. The Kier molecular flexibility index (Phi) is 8.11. The molecule has 1 rings (SSSR count). The summed E-state index contributed by atoms with van der Waals surface area (Å²) in [6, 6.07) is 0.605. The van der Waals surface area contributed by atoms with E-state index < -0.39 is 0 Å². The van der Waals surface area contributed by atoms with Crippen molar-refractivity contribution < 1.29 is 9.53 Å². The van der Waals surface area contributed by atoms with Crippen LogP contribution in [0, 0.1) is 0 Å². The molecular formula is C15H31N3O2. The summed E-state index contributed by atoms with van der Waals surface area (Å²) in [4.78, 5) is 14.5. The molecular weight excluding hydrogens is 254 g/mol. The first-order chi connectivity index (χ1) is 9.56. The largest absolute Gasteiger partial charge is 0.383 e. The van der Waals surface area contributed by atoms with Crippen molar-refractivity contribution in [2.75, 3.05) is 33.4 Å². The summed E-state index contributed by atoms with van der Waals surface area (Å²) in [5, 5.41) is 6.44. The number of carbonyl (C=O) groups excluding carboxylic acids is 1. The van der Waals surface area contributed by atoms with Crippen LogP contribution < -0.4 is 10.6 Å².